The highest BCUT2D eigenvalue weighted by Crippen LogP contribution is 2.39. The van der Waals surface area contributed by atoms with Gasteiger partial charge in [-0.15, -0.1) is 0 Å². The number of aryl methyl sites for hydroxylation is 2. The third-order valence-corrected chi connectivity index (χ3v) is 6.21. The zero-order valence-electron chi connectivity index (χ0n) is 18.4. The first kappa shape index (κ1) is 20.6. The van der Waals surface area contributed by atoms with Crippen LogP contribution in [0.3, 0.4) is 0 Å². The standard InChI is InChI=1S/C24H27FN6O/c1-16(2)31-21-13-26-22(28-23(21)30-11-3-4-20(30)24(31)32)10-7-18-12-27-29(15-18)14-17-5-8-19(25)9-6-17/h5-6,8-9,12-13,15-16,20H,3-4,7,10-11,14H2,1-2H3/t20-/m1/s1. The van der Waals surface area contributed by atoms with Crippen molar-refractivity contribution in [3.8, 4) is 0 Å². The Morgan fingerprint density at radius 2 is 1.94 bits per heavy atom. The monoisotopic (exact) mass is 434 g/mol. The van der Waals surface area contributed by atoms with E-state index in [0.717, 1.165) is 54.3 Å². The molecule has 1 saturated heterocycles. The van der Waals surface area contributed by atoms with E-state index in [1.807, 2.05) is 42.0 Å². The summed E-state index contributed by atoms with van der Waals surface area (Å²) in [5.74, 6) is 1.59. The second-order valence-corrected chi connectivity index (χ2v) is 8.82. The van der Waals surface area contributed by atoms with E-state index in [1.54, 1.807) is 12.1 Å². The average Bonchev–Trinajstić information content (AvgIpc) is 3.44. The van der Waals surface area contributed by atoms with Gasteiger partial charge in [-0.1, -0.05) is 12.1 Å². The van der Waals surface area contributed by atoms with Crippen molar-refractivity contribution in [1.82, 2.24) is 19.7 Å². The molecule has 0 bridgehead atoms. The number of halogens is 1. The van der Waals surface area contributed by atoms with Crippen LogP contribution in [0.2, 0.25) is 0 Å². The van der Waals surface area contributed by atoms with E-state index in [2.05, 4.69) is 15.0 Å². The zero-order valence-corrected chi connectivity index (χ0v) is 18.4. The number of hydrogen-bond donors (Lipinski definition) is 0. The van der Waals surface area contributed by atoms with Crippen molar-refractivity contribution in [2.45, 2.75) is 58.2 Å². The molecule has 0 unspecified atom stereocenters. The molecule has 2 aliphatic rings. The second-order valence-electron chi connectivity index (χ2n) is 8.82. The van der Waals surface area contributed by atoms with Crippen LogP contribution < -0.4 is 9.80 Å². The highest BCUT2D eigenvalue weighted by molar-refractivity contribution is 6.05. The Morgan fingerprint density at radius 1 is 1.12 bits per heavy atom. The quantitative estimate of drug-likeness (QED) is 0.595. The number of aromatic nitrogens is 4. The fourth-order valence-electron chi connectivity index (χ4n) is 4.65. The molecule has 5 rings (SSSR count). The zero-order chi connectivity index (χ0) is 22.2. The van der Waals surface area contributed by atoms with Crippen molar-refractivity contribution < 1.29 is 9.18 Å². The van der Waals surface area contributed by atoms with E-state index in [1.165, 1.54) is 12.1 Å². The maximum absolute atomic E-state index is 13.1. The van der Waals surface area contributed by atoms with Crippen molar-refractivity contribution in [2.24, 2.45) is 0 Å². The van der Waals surface area contributed by atoms with E-state index in [0.29, 0.717) is 13.0 Å². The number of amides is 1. The summed E-state index contributed by atoms with van der Waals surface area (Å²) in [6, 6.07) is 6.45. The topological polar surface area (TPSA) is 67.2 Å². The number of hydrogen-bond acceptors (Lipinski definition) is 5. The fraction of sp³-hybridized carbons (Fsp3) is 0.417. The van der Waals surface area contributed by atoms with E-state index in [4.69, 9.17) is 4.98 Å². The molecular formula is C24H27FN6O. The molecule has 1 fully saturated rings. The Kier molecular flexibility index (Phi) is 5.36. The van der Waals surface area contributed by atoms with Crippen molar-refractivity contribution in [2.75, 3.05) is 16.3 Å². The van der Waals surface area contributed by atoms with Gasteiger partial charge in [-0.05, 0) is 56.4 Å². The molecule has 166 valence electrons. The summed E-state index contributed by atoms with van der Waals surface area (Å²) in [4.78, 5) is 26.4. The molecule has 0 radical (unpaired) electrons. The fourth-order valence-corrected chi connectivity index (χ4v) is 4.65. The van der Waals surface area contributed by atoms with E-state index in [9.17, 15) is 9.18 Å². The molecule has 1 atom stereocenters. The SMILES string of the molecule is CC(C)N1C(=O)[C@H]2CCCN2c2nc(CCc3cnn(Cc4ccc(F)cc4)c3)ncc21. The predicted molar refractivity (Wildman–Crippen MR) is 120 cm³/mol. The van der Waals surface area contributed by atoms with Crippen molar-refractivity contribution in [3.05, 3.63) is 65.6 Å². The molecule has 7 nitrogen and oxygen atoms in total. The minimum atomic E-state index is -0.235. The molecule has 0 aliphatic carbocycles. The summed E-state index contributed by atoms with van der Waals surface area (Å²) in [6.45, 7) is 5.53. The molecule has 2 aromatic heterocycles. The molecule has 1 amide bonds. The molecule has 4 heterocycles. The lowest BCUT2D eigenvalue weighted by Crippen LogP contribution is -2.53. The van der Waals surface area contributed by atoms with Crippen LogP contribution in [0.1, 0.15) is 43.6 Å². The third kappa shape index (κ3) is 3.85. The Balaban J connectivity index is 1.30. The summed E-state index contributed by atoms with van der Waals surface area (Å²) < 4.78 is 15.0. The maximum atomic E-state index is 13.1. The van der Waals surface area contributed by atoms with Gasteiger partial charge < -0.3 is 9.80 Å². The molecule has 0 saturated carbocycles. The average molecular weight is 435 g/mol. The number of fused-ring (bicyclic) bond motifs is 3. The molecular weight excluding hydrogens is 407 g/mol. The van der Waals surface area contributed by atoms with Crippen LogP contribution in [0.25, 0.3) is 0 Å². The highest BCUT2D eigenvalue weighted by atomic mass is 19.1. The Hall–Kier alpha value is -3.29. The Morgan fingerprint density at radius 3 is 2.72 bits per heavy atom. The number of nitrogens with zero attached hydrogens (tertiary/aromatic N) is 6. The minimum Gasteiger partial charge on any atom is -0.343 e. The van der Waals surface area contributed by atoms with E-state index < -0.39 is 0 Å². The molecule has 8 heteroatoms. The Bertz CT molecular complexity index is 1130. The summed E-state index contributed by atoms with van der Waals surface area (Å²) in [6.07, 6.45) is 9.04. The molecule has 32 heavy (non-hydrogen) atoms. The van der Waals surface area contributed by atoms with Gasteiger partial charge in [0.25, 0.3) is 0 Å². The summed E-state index contributed by atoms with van der Waals surface area (Å²) in [7, 11) is 0. The van der Waals surface area contributed by atoms with Gasteiger partial charge in [0, 0.05) is 25.2 Å². The normalized spacial score (nSPS) is 17.8. The first-order chi connectivity index (χ1) is 15.5. The second kappa shape index (κ2) is 8.33. The first-order valence-corrected chi connectivity index (χ1v) is 11.2. The third-order valence-electron chi connectivity index (χ3n) is 6.21. The lowest BCUT2D eigenvalue weighted by molar-refractivity contribution is -0.120. The van der Waals surface area contributed by atoms with Gasteiger partial charge in [0.1, 0.15) is 23.4 Å². The van der Waals surface area contributed by atoms with Crippen LogP contribution in [-0.4, -0.2) is 44.3 Å². The van der Waals surface area contributed by atoms with Gasteiger partial charge in [-0.25, -0.2) is 14.4 Å². The summed E-state index contributed by atoms with van der Waals surface area (Å²) in [5, 5.41) is 4.43. The number of carbonyl (C=O) groups is 1. The van der Waals surface area contributed by atoms with Crippen molar-refractivity contribution in [1.29, 1.82) is 0 Å². The molecule has 0 spiro atoms. The van der Waals surface area contributed by atoms with Crippen LogP contribution in [0, 0.1) is 5.82 Å². The number of carbonyl (C=O) groups excluding carboxylic acids is 1. The molecule has 0 N–H and O–H groups in total. The van der Waals surface area contributed by atoms with Crippen LogP contribution in [0.5, 0.6) is 0 Å². The van der Waals surface area contributed by atoms with E-state index in [-0.39, 0.29) is 23.8 Å². The van der Waals surface area contributed by atoms with E-state index >= 15 is 0 Å². The lowest BCUT2D eigenvalue weighted by Gasteiger charge is -2.40. The van der Waals surface area contributed by atoms with Crippen molar-refractivity contribution in [3.63, 3.8) is 0 Å². The van der Waals surface area contributed by atoms with Gasteiger partial charge in [0.05, 0.1) is 18.9 Å². The van der Waals surface area contributed by atoms with Gasteiger partial charge >= 0.3 is 0 Å². The van der Waals surface area contributed by atoms with Crippen LogP contribution in [0.4, 0.5) is 15.9 Å². The van der Waals surface area contributed by atoms with Crippen molar-refractivity contribution >= 4 is 17.4 Å². The number of anilines is 2. The van der Waals surface area contributed by atoms with Crippen LogP contribution in [0.15, 0.2) is 42.9 Å². The molecule has 1 aromatic carbocycles. The summed E-state index contributed by atoms with van der Waals surface area (Å²) >= 11 is 0. The maximum Gasteiger partial charge on any atom is 0.250 e. The largest absolute Gasteiger partial charge is 0.343 e. The first-order valence-electron chi connectivity index (χ1n) is 11.2. The molecule has 2 aliphatic heterocycles. The Labute approximate surface area is 186 Å². The smallest absolute Gasteiger partial charge is 0.250 e. The predicted octanol–water partition coefficient (Wildman–Crippen LogP) is 3.37. The van der Waals surface area contributed by atoms with Gasteiger partial charge in [0.15, 0.2) is 5.82 Å². The van der Waals surface area contributed by atoms with Crippen LogP contribution in [-0.2, 0) is 24.2 Å². The lowest BCUT2D eigenvalue weighted by atomic mass is 10.1. The number of benzene rings is 1. The number of rotatable bonds is 6. The molecule has 3 aromatic rings. The minimum absolute atomic E-state index is 0.0744. The summed E-state index contributed by atoms with van der Waals surface area (Å²) in [5.41, 5.74) is 2.92. The highest BCUT2D eigenvalue weighted by Gasteiger charge is 2.42. The van der Waals surface area contributed by atoms with Gasteiger partial charge in [-0.2, -0.15) is 5.10 Å². The van der Waals surface area contributed by atoms with Gasteiger partial charge in [-0.3, -0.25) is 9.48 Å². The van der Waals surface area contributed by atoms with Crippen LogP contribution >= 0.6 is 0 Å². The van der Waals surface area contributed by atoms with Gasteiger partial charge in [0.2, 0.25) is 5.91 Å².